The second kappa shape index (κ2) is 8.98. The number of hydrogen-bond donors (Lipinski definition) is 1. The number of halogens is 1. The van der Waals surface area contributed by atoms with Gasteiger partial charge in [0.25, 0.3) is 0 Å². The number of benzene rings is 2. The fourth-order valence-corrected chi connectivity index (χ4v) is 5.41. The number of aryl methyl sites for hydroxylation is 3. The molecule has 5 nitrogen and oxygen atoms in total. The quantitative estimate of drug-likeness (QED) is 0.675. The molecule has 0 saturated carbocycles. The van der Waals surface area contributed by atoms with E-state index in [1.54, 1.807) is 25.1 Å². The Labute approximate surface area is 184 Å². The van der Waals surface area contributed by atoms with Crippen LogP contribution in [0.5, 0.6) is 0 Å². The Hall–Kier alpha value is -2.05. The zero-order chi connectivity index (χ0) is 22.1. The maximum absolute atomic E-state index is 13.2. The van der Waals surface area contributed by atoms with Crippen molar-refractivity contribution in [2.75, 3.05) is 10.6 Å². The van der Waals surface area contributed by atoms with Crippen molar-refractivity contribution < 1.29 is 13.2 Å². The van der Waals surface area contributed by atoms with Crippen LogP contribution in [0.2, 0.25) is 5.02 Å². The number of nitrogens with one attached hydrogen (secondary N) is 1. The van der Waals surface area contributed by atoms with Crippen molar-refractivity contribution in [1.29, 1.82) is 0 Å². The first-order valence-corrected chi connectivity index (χ1v) is 12.5. The van der Waals surface area contributed by atoms with E-state index in [1.165, 1.54) is 21.9 Å². The molecule has 0 bridgehead atoms. The van der Waals surface area contributed by atoms with Crippen molar-refractivity contribution >= 4 is 33.2 Å². The number of nitrogens with zero attached hydrogens (tertiary/aromatic N) is 1. The third kappa shape index (κ3) is 4.81. The van der Waals surface area contributed by atoms with E-state index in [9.17, 15) is 13.2 Å². The number of hydrogen-bond acceptors (Lipinski definition) is 3. The molecule has 2 aromatic rings. The van der Waals surface area contributed by atoms with Gasteiger partial charge in [-0.15, -0.1) is 0 Å². The molecule has 0 aromatic heterocycles. The summed E-state index contributed by atoms with van der Waals surface area (Å²) in [6.45, 7) is 5.58. The van der Waals surface area contributed by atoms with Gasteiger partial charge in [-0.2, -0.15) is 0 Å². The van der Waals surface area contributed by atoms with Crippen molar-refractivity contribution in [2.45, 2.75) is 58.5 Å². The highest BCUT2D eigenvalue weighted by Gasteiger charge is 2.32. The number of amides is 1. The van der Waals surface area contributed by atoms with E-state index in [4.69, 9.17) is 11.6 Å². The number of fused-ring (bicyclic) bond motifs is 1. The van der Waals surface area contributed by atoms with Crippen LogP contribution in [0.3, 0.4) is 0 Å². The lowest BCUT2D eigenvalue weighted by Crippen LogP contribution is -2.49. The molecule has 30 heavy (non-hydrogen) atoms. The summed E-state index contributed by atoms with van der Waals surface area (Å²) in [5.41, 5.74) is 4.98. The Balaban J connectivity index is 1.86. The molecular formula is C23H29ClN2O3S. The Bertz CT molecular complexity index is 1050. The van der Waals surface area contributed by atoms with Gasteiger partial charge in [-0.3, -0.25) is 9.10 Å². The van der Waals surface area contributed by atoms with Gasteiger partial charge in [0.15, 0.2) is 0 Å². The minimum atomic E-state index is -3.70. The summed E-state index contributed by atoms with van der Waals surface area (Å²) in [4.78, 5) is 13.2. The fourth-order valence-electron chi connectivity index (χ4n) is 4.03. The zero-order valence-electron chi connectivity index (χ0n) is 17.9. The molecule has 3 rings (SSSR count). The van der Waals surface area contributed by atoms with Crippen molar-refractivity contribution in [3.8, 4) is 0 Å². The molecule has 0 radical (unpaired) electrons. The van der Waals surface area contributed by atoms with E-state index in [0.717, 1.165) is 30.2 Å². The Morgan fingerprint density at radius 1 is 1.17 bits per heavy atom. The van der Waals surface area contributed by atoms with Gasteiger partial charge >= 0.3 is 0 Å². The van der Waals surface area contributed by atoms with Crippen LogP contribution in [0, 0.1) is 6.92 Å². The highest BCUT2D eigenvalue weighted by molar-refractivity contribution is 7.92. The Kier molecular flexibility index (Phi) is 6.78. The number of carbonyl (C=O) groups is 1. The maximum atomic E-state index is 13.2. The van der Waals surface area contributed by atoms with Crippen molar-refractivity contribution in [3.63, 3.8) is 0 Å². The SMILES string of the molecule is CCC(C(=O)NC(C)c1ccc2c(c1)CCC2)N(c1ccc(C)c(Cl)c1)S(C)(=O)=O. The second-order valence-electron chi connectivity index (χ2n) is 8.03. The molecule has 2 atom stereocenters. The van der Waals surface area contributed by atoms with E-state index in [1.807, 2.05) is 19.9 Å². The lowest BCUT2D eigenvalue weighted by atomic mass is 10.0. The fraction of sp³-hybridized carbons (Fsp3) is 0.435. The van der Waals surface area contributed by atoms with Crippen molar-refractivity contribution in [1.82, 2.24) is 5.32 Å². The maximum Gasteiger partial charge on any atom is 0.244 e. The first-order chi connectivity index (χ1) is 14.1. The molecule has 0 fully saturated rings. The average Bonchev–Trinajstić information content (AvgIpc) is 3.15. The predicted octanol–water partition coefficient (Wildman–Crippen LogP) is 4.56. The van der Waals surface area contributed by atoms with Gasteiger partial charge in [-0.1, -0.05) is 42.8 Å². The zero-order valence-corrected chi connectivity index (χ0v) is 19.5. The van der Waals surface area contributed by atoms with Gasteiger partial charge in [0.2, 0.25) is 15.9 Å². The number of anilines is 1. The molecule has 2 unspecified atom stereocenters. The largest absolute Gasteiger partial charge is 0.348 e. The Morgan fingerprint density at radius 3 is 2.50 bits per heavy atom. The molecule has 0 saturated heterocycles. The summed E-state index contributed by atoms with van der Waals surface area (Å²) in [5.74, 6) is -0.326. The van der Waals surface area contributed by atoms with Crippen LogP contribution >= 0.6 is 11.6 Å². The van der Waals surface area contributed by atoms with Gasteiger partial charge in [-0.05, 0) is 73.9 Å². The summed E-state index contributed by atoms with van der Waals surface area (Å²) < 4.78 is 26.4. The summed E-state index contributed by atoms with van der Waals surface area (Å²) in [6.07, 6.45) is 4.79. The van der Waals surface area contributed by atoms with Gasteiger partial charge in [0.1, 0.15) is 6.04 Å². The van der Waals surface area contributed by atoms with Gasteiger partial charge in [0.05, 0.1) is 18.0 Å². The van der Waals surface area contributed by atoms with Crippen LogP contribution in [0.15, 0.2) is 36.4 Å². The topological polar surface area (TPSA) is 66.5 Å². The lowest BCUT2D eigenvalue weighted by molar-refractivity contribution is -0.122. The molecule has 162 valence electrons. The third-order valence-corrected chi connectivity index (χ3v) is 7.31. The highest BCUT2D eigenvalue weighted by atomic mass is 35.5. The molecule has 2 aromatic carbocycles. The van der Waals surface area contributed by atoms with Crippen molar-refractivity contribution in [3.05, 3.63) is 63.7 Å². The standard InChI is InChI=1S/C23H29ClN2O3S/c1-5-22(26(30(4,28)29)20-12-9-15(2)21(24)14-20)23(27)25-16(3)18-11-10-17-7-6-8-19(17)13-18/h9-14,16,22H,5-8H2,1-4H3,(H,25,27). The number of sulfonamides is 1. The molecule has 1 N–H and O–H groups in total. The summed E-state index contributed by atoms with van der Waals surface area (Å²) in [7, 11) is -3.70. The van der Waals surface area contributed by atoms with E-state index >= 15 is 0 Å². The molecule has 0 spiro atoms. The summed E-state index contributed by atoms with van der Waals surface area (Å²) >= 11 is 6.22. The minimum Gasteiger partial charge on any atom is -0.348 e. The number of carbonyl (C=O) groups excluding carboxylic acids is 1. The third-order valence-electron chi connectivity index (χ3n) is 5.72. The van der Waals surface area contributed by atoms with Gasteiger partial charge in [-0.25, -0.2) is 8.42 Å². The van der Waals surface area contributed by atoms with Crippen LogP contribution in [-0.4, -0.2) is 26.6 Å². The van der Waals surface area contributed by atoms with Gasteiger partial charge in [0, 0.05) is 5.02 Å². The highest BCUT2D eigenvalue weighted by Crippen LogP contribution is 2.29. The van der Waals surface area contributed by atoms with E-state index in [0.29, 0.717) is 17.1 Å². The minimum absolute atomic E-state index is 0.222. The smallest absolute Gasteiger partial charge is 0.244 e. The van der Waals surface area contributed by atoms with Crippen LogP contribution < -0.4 is 9.62 Å². The second-order valence-corrected chi connectivity index (χ2v) is 10.3. The van der Waals surface area contributed by atoms with E-state index in [-0.39, 0.29) is 11.9 Å². The molecule has 1 amide bonds. The van der Waals surface area contributed by atoms with E-state index < -0.39 is 16.1 Å². The summed E-state index contributed by atoms with van der Waals surface area (Å²) in [5, 5.41) is 3.47. The van der Waals surface area contributed by atoms with Crippen LogP contribution in [-0.2, 0) is 27.7 Å². The molecule has 7 heteroatoms. The van der Waals surface area contributed by atoms with E-state index in [2.05, 4.69) is 17.4 Å². The predicted molar refractivity (Wildman–Crippen MR) is 123 cm³/mol. The number of rotatable bonds is 7. The first-order valence-electron chi connectivity index (χ1n) is 10.3. The van der Waals surface area contributed by atoms with Crippen LogP contribution in [0.1, 0.15) is 55.0 Å². The summed E-state index contributed by atoms with van der Waals surface area (Å²) in [6, 6.07) is 10.3. The van der Waals surface area contributed by atoms with Crippen LogP contribution in [0.4, 0.5) is 5.69 Å². The van der Waals surface area contributed by atoms with Crippen LogP contribution in [0.25, 0.3) is 0 Å². The molecular weight excluding hydrogens is 420 g/mol. The monoisotopic (exact) mass is 448 g/mol. The molecule has 1 aliphatic carbocycles. The lowest BCUT2D eigenvalue weighted by Gasteiger charge is -2.31. The molecule has 0 aliphatic heterocycles. The molecule has 0 heterocycles. The molecule has 1 aliphatic rings. The normalized spacial score (nSPS) is 15.4. The van der Waals surface area contributed by atoms with Gasteiger partial charge < -0.3 is 5.32 Å². The van der Waals surface area contributed by atoms with Crippen molar-refractivity contribution in [2.24, 2.45) is 0 Å². The first kappa shape index (κ1) is 22.6. The average molecular weight is 449 g/mol. The Morgan fingerprint density at radius 2 is 1.87 bits per heavy atom.